The summed E-state index contributed by atoms with van der Waals surface area (Å²) in [5.41, 5.74) is 12.2. The molecule has 3 aromatic heterocycles. The third-order valence-corrected chi connectivity index (χ3v) is 7.97. The van der Waals surface area contributed by atoms with Crippen molar-refractivity contribution in [3.05, 3.63) is 36.1 Å². The number of nitrogen functional groups attached to an aromatic ring is 1. The van der Waals surface area contributed by atoms with Crippen molar-refractivity contribution in [2.24, 2.45) is 12.5 Å². The maximum absolute atomic E-state index is 6.38. The number of aryl methyl sites for hydroxylation is 1. The Kier molecular flexibility index (Phi) is 5.14. The number of ether oxygens (including phenoxy) is 1. The van der Waals surface area contributed by atoms with Crippen molar-refractivity contribution >= 4 is 22.4 Å². The first-order valence-corrected chi connectivity index (χ1v) is 12.0. The van der Waals surface area contributed by atoms with Gasteiger partial charge in [0.05, 0.1) is 23.3 Å². The van der Waals surface area contributed by atoms with E-state index in [1.54, 1.807) is 0 Å². The Labute approximate surface area is 193 Å². The van der Waals surface area contributed by atoms with E-state index in [1.165, 1.54) is 31.2 Å². The molecule has 8 nitrogen and oxygen atoms in total. The van der Waals surface area contributed by atoms with Crippen LogP contribution in [0, 0.1) is 5.41 Å². The average molecular weight is 446 g/mol. The van der Waals surface area contributed by atoms with Crippen molar-refractivity contribution in [2.75, 3.05) is 32.0 Å². The smallest absolute Gasteiger partial charge is 0.162 e. The number of nitrogens with zero attached hydrogens (tertiary/aromatic N) is 5. The molecule has 3 aromatic rings. The molecular weight excluding hydrogens is 414 g/mol. The van der Waals surface area contributed by atoms with Crippen LogP contribution in [0.15, 0.2) is 24.8 Å². The van der Waals surface area contributed by atoms with Gasteiger partial charge in [0.1, 0.15) is 17.8 Å². The highest BCUT2D eigenvalue weighted by atomic mass is 16.5. The van der Waals surface area contributed by atoms with Crippen LogP contribution in [0.2, 0.25) is 0 Å². The van der Waals surface area contributed by atoms with Gasteiger partial charge in [-0.05, 0) is 68.2 Å². The topological polar surface area (TPSA) is 104 Å². The van der Waals surface area contributed by atoms with Gasteiger partial charge in [0.25, 0.3) is 0 Å². The van der Waals surface area contributed by atoms with Crippen LogP contribution in [0.5, 0.6) is 0 Å². The van der Waals surface area contributed by atoms with E-state index < -0.39 is 0 Å². The molecule has 1 spiro atoms. The zero-order chi connectivity index (χ0) is 22.4. The van der Waals surface area contributed by atoms with Crippen molar-refractivity contribution in [3.8, 4) is 11.4 Å². The Bertz CT molecular complexity index is 1200. The van der Waals surface area contributed by atoms with Gasteiger partial charge in [-0.15, -0.1) is 0 Å². The molecule has 2 aliphatic heterocycles. The molecule has 3 N–H and O–H groups in total. The monoisotopic (exact) mass is 445 g/mol. The van der Waals surface area contributed by atoms with E-state index in [0.29, 0.717) is 23.0 Å². The Hall–Kier alpha value is -2.84. The van der Waals surface area contributed by atoms with Gasteiger partial charge in [0.2, 0.25) is 0 Å². The van der Waals surface area contributed by atoms with Gasteiger partial charge >= 0.3 is 0 Å². The number of rotatable bonds is 3. The molecule has 0 saturated carbocycles. The van der Waals surface area contributed by atoms with Crippen molar-refractivity contribution in [3.63, 3.8) is 0 Å². The maximum Gasteiger partial charge on any atom is 0.162 e. The zero-order valence-corrected chi connectivity index (χ0v) is 19.2. The molecule has 8 heteroatoms. The molecule has 3 aliphatic rings. The number of nitrogens with one attached hydrogen (secondary N) is 1. The molecule has 0 aromatic carbocycles. The molecule has 2 saturated heterocycles. The number of aromatic nitrogens is 5. The highest BCUT2D eigenvalue weighted by Gasteiger charge is 2.35. The lowest BCUT2D eigenvalue weighted by Crippen LogP contribution is -2.37. The summed E-state index contributed by atoms with van der Waals surface area (Å²) in [7, 11) is 2.06. The lowest BCUT2D eigenvalue weighted by molar-refractivity contribution is 0.184. The summed E-state index contributed by atoms with van der Waals surface area (Å²) in [5.74, 6) is 1.53. The molecule has 1 atom stereocenters. The van der Waals surface area contributed by atoms with Gasteiger partial charge in [0.15, 0.2) is 5.82 Å². The number of hydrogen-bond donors (Lipinski definition) is 2. The quantitative estimate of drug-likeness (QED) is 0.636. The lowest BCUT2D eigenvalue weighted by Gasteiger charge is -2.40. The average Bonchev–Trinajstić information content (AvgIpc) is 3.48. The molecule has 172 valence electrons. The van der Waals surface area contributed by atoms with Crippen molar-refractivity contribution < 1.29 is 4.74 Å². The predicted octanol–water partition coefficient (Wildman–Crippen LogP) is 3.45. The molecule has 33 heavy (non-hydrogen) atoms. The first kappa shape index (κ1) is 20.7. The van der Waals surface area contributed by atoms with Crippen molar-refractivity contribution in [2.45, 2.75) is 44.4 Å². The number of nitrogens with two attached hydrogens (primary N) is 1. The van der Waals surface area contributed by atoms with Gasteiger partial charge in [-0.25, -0.2) is 19.9 Å². The normalized spacial score (nSPS) is 22.7. The largest absolute Gasteiger partial charge is 0.383 e. The maximum atomic E-state index is 6.38. The molecule has 6 rings (SSSR count). The highest BCUT2D eigenvalue weighted by molar-refractivity contribution is 6.04. The van der Waals surface area contributed by atoms with E-state index >= 15 is 0 Å². The lowest BCUT2D eigenvalue weighted by atomic mass is 9.68. The van der Waals surface area contributed by atoms with E-state index in [2.05, 4.69) is 33.0 Å². The van der Waals surface area contributed by atoms with Crippen molar-refractivity contribution in [1.82, 2.24) is 29.8 Å². The van der Waals surface area contributed by atoms with E-state index in [9.17, 15) is 0 Å². The Morgan fingerprint density at radius 3 is 2.64 bits per heavy atom. The van der Waals surface area contributed by atoms with Crippen molar-refractivity contribution in [1.29, 1.82) is 0 Å². The second-order valence-corrected chi connectivity index (χ2v) is 9.82. The molecule has 0 radical (unpaired) electrons. The van der Waals surface area contributed by atoms with Crippen LogP contribution in [0.4, 0.5) is 5.82 Å². The summed E-state index contributed by atoms with van der Waals surface area (Å²) in [6.45, 7) is 3.80. The number of fused-ring (bicyclic) bond motifs is 1. The summed E-state index contributed by atoms with van der Waals surface area (Å²) in [5, 5.41) is 4.35. The van der Waals surface area contributed by atoms with Crippen LogP contribution in [0.3, 0.4) is 0 Å². The van der Waals surface area contributed by atoms with Crippen LogP contribution < -0.4 is 11.1 Å². The molecule has 1 aliphatic carbocycles. The van der Waals surface area contributed by atoms with Gasteiger partial charge < -0.3 is 20.4 Å². The number of anilines is 1. The van der Waals surface area contributed by atoms with Crippen LogP contribution in [0.25, 0.3) is 28.0 Å². The third-order valence-electron chi connectivity index (χ3n) is 7.97. The fourth-order valence-electron chi connectivity index (χ4n) is 5.91. The molecular formula is C25H31N7O. The third kappa shape index (κ3) is 3.52. The van der Waals surface area contributed by atoms with E-state index in [0.717, 1.165) is 73.4 Å². The van der Waals surface area contributed by atoms with Gasteiger partial charge in [-0.3, -0.25) is 0 Å². The second-order valence-electron chi connectivity index (χ2n) is 9.82. The highest BCUT2D eigenvalue weighted by Crippen LogP contribution is 2.47. The fraction of sp³-hybridized carbons (Fsp3) is 0.520. The first-order chi connectivity index (χ1) is 16.2. The molecule has 0 bridgehead atoms. The molecule has 0 amide bonds. The van der Waals surface area contributed by atoms with Crippen LogP contribution in [-0.2, 0) is 11.8 Å². The number of piperidine rings is 1. The predicted molar refractivity (Wildman–Crippen MR) is 128 cm³/mol. The minimum absolute atomic E-state index is 0.377. The van der Waals surface area contributed by atoms with E-state index in [1.807, 2.05) is 12.4 Å². The van der Waals surface area contributed by atoms with E-state index in [-0.39, 0.29) is 0 Å². The van der Waals surface area contributed by atoms with Crippen LogP contribution >= 0.6 is 0 Å². The summed E-state index contributed by atoms with van der Waals surface area (Å²) in [6.07, 6.45) is 14.8. The summed E-state index contributed by atoms with van der Waals surface area (Å²) < 4.78 is 7.70. The van der Waals surface area contributed by atoms with Gasteiger partial charge in [-0.1, -0.05) is 6.08 Å². The minimum Gasteiger partial charge on any atom is -0.383 e. The number of hydrogen-bond acceptors (Lipinski definition) is 7. The van der Waals surface area contributed by atoms with E-state index in [4.69, 9.17) is 20.4 Å². The second kappa shape index (κ2) is 8.18. The molecule has 1 unspecified atom stereocenters. The summed E-state index contributed by atoms with van der Waals surface area (Å²) >= 11 is 0. The summed E-state index contributed by atoms with van der Waals surface area (Å²) in [6, 6.07) is 0. The van der Waals surface area contributed by atoms with Gasteiger partial charge in [0, 0.05) is 32.0 Å². The zero-order valence-electron chi connectivity index (χ0n) is 19.2. The standard InChI is InChI=1S/C25H31N7O/c1-32-21(16-2-5-25(6-3-16)7-9-27-10-8-25)19(20-22(26)30-15-31-24(20)32)23-28-12-18(13-29-23)17-4-11-33-14-17/h2,12-13,15,17,27H,3-11,14H2,1H3,(H2,26,30,31). The minimum atomic E-state index is 0.377. The molecule has 2 fully saturated rings. The van der Waals surface area contributed by atoms with Crippen LogP contribution in [0.1, 0.15) is 55.7 Å². The SMILES string of the molecule is Cn1c(C2=CCC3(CCNCC3)CC2)c(-c2ncc(C3CCOC3)cn2)c2c(N)ncnc21. The Morgan fingerprint density at radius 2 is 1.94 bits per heavy atom. The fourth-order valence-corrected chi connectivity index (χ4v) is 5.91. The first-order valence-electron chi connectivity index (χ1n) is 12.0. The Balaban J connectivity index is 1.45. The van der Waals surface area contributed by atoms with Crippen LogP contribution in [-0.4, -0.2) is 50.8 Å². The Morgan fingerprint density at radius 1 is 1.12 bits per heavy atom. The van der Waals surface area contributed by atoms with Gasteiger partial charge in [-0.2, -0.15) is 0 Å². The number of allylic oxidation sites excluding steroid dienone is 2. The summed E-state index contributed by atoms with van der Waals surface area (Å²) in [4.78, 5) is 18.5. The molecule has 5 heterocycles.